The number of β-amino-alcohol motifs (C(OH)–C–C–N with tert-alkyl or cyclic N) is 1. The highest BCUT2D eigenvalue weighted by Crippen LogP contribution is 2.31. The molecule has 1 aliphatic heterocycles. The van der Waals surface area contributed by atoms with Gasteiger partial charge in [-0.15, -0.1) is 0 Å². The molecule has 1 heterocycles. The van der Waals surface area contributed by atoms with E-state index in [1.165, 1.54) is 18.2 Å². The summed E-state index contributed by atoms with van der Waals surface area (Å²) in [7, 11) is 0. The van der Waals surface area contributed by atoms with Gasteiger partial charge in [0.15, 0.2) is 0 Å². The first kappa shape index (κ1) is 17.4. The van der Waals surface area contributed by atoms with Crippen molar-refractivity contribution in [3.8, 4) is 0 Å². The monoisotopic (exact) mass is 362 g/mol. The second kappa shape index (κ2) is 6.82. The Morgan fingerprint density at radius 2 is 2.08 bits per heavy atom. The first-order chi connectivity index (χ1) is 11.9. The number of esters is 1. The molecule has 0 bridgehead atoms. The van der Waals surface area contributed by atoms with Crippen LogP contribution in [-0.4, -0.2) is 35.8 Å². The highest BCUT2D eigenvalue weighted by atomic mass is 35.5. The molecule has 0 spiro atoms. The minimum atomic E-state index is -2.04. The number of carbonyl (C=O) groups excluding carboxylic acids is 1. The Balaban J connectivity index is 2.06. The van der Waals surface area contributed by atoms with Crippen LogP contribution in [0.25, 0.3) is 0 Å². The molecule has 25 heavy (non-hydrogen) atoms. The number of rotatable bonds is 4. The zero-order valence-electron chi connectivity index (χ0n) is 13.4. The van der Waals surface area contributed by atoms with Gasteiger partial charge in [-0.2, -0.15) is 0 Å². The third-order valence-corrected chi connectivity index (χ3v) is 4.06. The smallest absolute Gasteiger partial charge is 0.363 e. The zero-order chi connectivity index (χ0) is 18.0. The summed E-state index contributed by atoms with van der Waals surface area (Å²) in [5, 5.41) is 10.6. The summed E-state index contributed by atoms with van der Waals surface area (Å²) in [4.78, 5) is 18.0. The van der Waals surface area contributed by atoms with Gasteiger partial charge in [0.1, 0.15) is 11.7 Å². The number of anilines is 1. The first-order valence-electron chi connectivity index (χ1n) is 7.72. The van der Waals surface area contributed by atoms with E-state index in [2.05, 4.69) is 4.99 Å². The van der Waals surface area contributed by atoms with E-state index in [9.17, 15) is 14.3 Å². The Hall–Kier alpha value is -2.44. The molecule has 0 amide bonds. The Labute approximate surface area is 149 Å². The number of hydrogen-bond acceptors (Lipinski definition) is 5. The molecule has 0 saturated carbocycles. The minimum absolute atomic E-state index is 0.0588. The molecule has 1 atom stereocenters. The molecule has 1 aliphatic rings. The van der Waals surface area contributed by atoms with E-state index in [-0.39, 0.29) is 18.2 Å². The number of halogens is 2. The van der Waals surface area contributed by atoms with Crippen molar-refractivity contribution in [1.29, 1.82) is 0 Å². The lowest BCUT2D eigenvalue weighted by molar-refractivity contribution is -0.162. The van der Waals surface area contributed by atoms with Crippen molar-refractivity contribution in [3.05, 3.63) is 64.9 Å². The maximum atomic E-state index is 13.5. The van der Waals surface area contributed by atoms with Gasteiger partial charge in [-0.3, -0.25) is 0 Å². The second-order valence-electron chi connectivity index (χ2n) is 5.52. The molecular weight excluding hydrogens is 347 g/mol. The summed E-state index contributed by atoms with van der Waals surface area (Å²) >= 11 is 5.87. The summed E-state index contributed by atoms with van der Waals surface area (Å²) in [5.74, 6) is -1.01. The van der Waals surface area contributed by atoms with Crippen LogP contribution in [0.2, 0.25) is 5.02 Å². The van der Waals surface area contributed by atoms with Crippen LogP contribution in [0.4, 0.5) is 10.1 Å². The van der Waals surface area contributed by atoms with Crippen LogP contribution in [0.3, 0.4) is 0 Å². The highest BCUT2D eigenvalue weighted by molar-refractivity contribution is 6.31. The highest BCUT2D eigenvalue weighted by Gasteiger charge is 2.46. The van der Waals surface area contributed by atoms with Crippen LogP contribution in [0, 0.1) is 5.82 Å². The van der Waals surface area contributed by atoms with Crippen molar-refractivity contribution in [2.45, 2.75) is 12.6 Å². The molecule has 0 fully saturated rings. The van der Waals surface area contributed by atoms with Crippen LogP contribution in [-0.2, 0) is 9.53 Å². The molecule has 0 aliphatic carbocycles. The third-order valence-electron chi connectivity index (χ3n) is 3.77. The first-order valence-corrected chi connectivity index (χ1v) is 8.10. The molecule has 0 aromatic heterocycles. The fourth-order valence-corrected chi connectivity index (χ4v) is 2.77. The van der Waals surface area contributed by atoms with Gasteiger partial charge in [-0.05, 0) is 25.1 Å². The lowest BCUT2D eigenvalue weighted by Crippen LogP contribution is -2.43. The fraction of sp³-hybridized carbons (Fsp3) is 0.222. The summed E-state index contributed by atoms with van der Waals surface area (Å²) in [6.07, 6.45) is 0. The van der Waals surface area contributed by atoms with Crippen LogP contribution in [0.5, 0.6) is 0 Å². The average molecular weight is 363 g/mol. The summed E-state index contributed by atoms with van der Waals surface area (Å²) in [6.45, 7) is 1.62. The molecule has 1 unspecified atom stereocenters. The summed E-state index contributed by atoms with van der Waals surface area (Å²) in [6, 6.07) is 13.2. The minimum Gasteiger partial charge on any atom is -0.462 e. The Morgan fingerprint density at radius 3 is 2.72 bits per heavy atom. The molecular formula is C18H16ClFN2O3. The molecule has 7 heteroatoms. The predicted molar refractivity (Wildman–Crippen MR) is 93.3 cm³/mol. The molecule has 0 saturated heterocycles. The Morgan fingerprint density at radius 1 is 1.36 bits per heavy atom. The van der Waals surface area contributed by atoms with Crippen molar-refractivity contribution in [2.24, 2.45) is 4.99 Å². The molecule has 0 radical (unpaired) electrons. The van der Waals surface area contributed by atoms with Gasteiger partial charge < -0.3 is 14.7 Å². The molecule has 2 aromatic carbocycles. The zero-order valence-corrected chi connectivity index (χ0v) is 14.2. The van der Waals surface area contributed by atoms with E-state index in [0.29, 0.717) is 17.1 Å². The Kier molecular flexibility index (Phi) is 4.74. The van der Waals surface area contributed by atoms with Gasteiger partial charge in [0.25, 0.3) is 5.72 Å². The number of nitrogens with zero attached hydrogens (tertiary/aromatic N) is 2. The van der Waals surface area contributed by atoms with Crippen molar-refractivity contribution >= 4 is 29.1 Å². The molecule has 3 rings (SSSR count). The molecule has 2 aromatic rings. The lowest BCUT2D eigenvalue weighted by atomic mass is 10.1. The van der Waals surface area contributed by atoms with Crippen molar-refractivity contribution in [1.82, 2.24) is 0 Å². The number of aliphatic imine (C=N–C) groups is 1. The lowest BCUT2D eigenvalue weighted by Gasteiger charge is -2.23. The topological polar surface area (TPSA) is 62.1 Å². The van der Waals surface area contributed by atoms with E-state index >= 15 is 0 Å². The third kappa shape index (κ3) is 3.36. The van der Waals surface area contributed by atoms with Gasteiger partial charge in [0, 0.05) is 11.3 Å². The van der Waals surface area contributed by atoms with E-state index in [1.54, 1.807) is 24.0 Å². The van der Waals surface area contributed by atoms with Crippen LogP contribution in [0.1, 0.15) is 12.5 Å². The normalized spacial score (nSPS) is 19.7. The fourth-order valence-electron chi connectivity index (χ4n) is 2.60. The SMILES string of the molecule is CCOC(=O)C1(O)CN(c2ccc(F)c(Cl)c2)C(c2ccccc2)=N1. The van der Waals surface area contributed by atoms with E-state index < -0.39 is 17.5 Å². The largest absolute Gasteiger partial charge is 0.462 e. The quantitative estimate of drug-likeness (QED) is 0.849. The molecule has 130 valence electrons. The number of hydrogen-bond donors (Lipinski definition) is 1. The maximum Gasteiger partial charge on any atom is 0.363 e. The maximum absolute atomic E-state index is 13.5. The second-order valence-corrected chi connectivity index (χ2v) is 5.93. The standard InChI is InChI=1S/C18H16ClFN2O3/c1-2-25-17(23)18(24)11-22(13-8-9-15(20)14(19)10-13)16(21-18)12-6-4-3-5-7-12/h3-10,24H,2,11H2,1H3. The van der Waals surface area contributed by atoms with Crippen LogP contribution < -0.4 is 4.90 Å². The van der Waals surface area contributed by atoms with E-state index in [0.717, 1.165) is 0 Å². The van der Waals surface area contributed by atoms with Gasteiger partial charge in [-0.1, -0.05) is 41.9 Å². The van der Waals surface area contributed by atoms with Gasteiger partial charge in [-0.25, -0.2) is 14.2 Å². The summed E-state index contributed by atoms with van der Waals surface area (Å²) in [5.41, 5.74) is -0.834. The van der Waals surface area contributed by atoms with E-state index in [4.69, 9.17) is 16.3 Å². The van der Waals surface area contributed by atoms with Gasteiger partial charge >= 0.3 is 5.97 Å². The number of benzene rings is 2. The molecule has 1 N–H and O–H groups in total. The van der Waals surface area contributed by atoms with Crippen molar-refractivity contribution < 1.29 is 19.0 Å². The van der Waals surface area contributed by atoms with Crippen molar-refractivity contribution in [2.75, 3.05) is 18.1 Å². The summed E-state index contributed by atoms with van der Waals surface area (Å²) < 4.78 is 18.4. The predicted octanol–water partition coefficient (Wildman–Crippen LogP) is 3.00. The Bertz CT molecular complexity index is 828. The van der Waals surface area contributed by atoms with Crippen molar-refractivity contribution in [3.63, 3.8) is 0 Å². The number of amidine groups is 1. The average Bonchev–Trinajstić information content (AvgIpc) is 2.98. The number of aliphatic hydroxyl groups is 1. The number of carbonyl (C=O) groups is 1. The van der Waals surface area contributed by atoms with Gasteiger partial charge in [0.05, 0.1) is 18.2 Å². The van der Waals surface area contributed by atoms with Crippen LogP contribution >= 0.6 is 11.6 Å². The molecule has 5 nitrogen and oxygen atoms in total. The van der Waals surface area contributed by atoms with Gasteiger partial charge in [0.2, 0.25) is 0 Å². The van der Waals surface area contributed by atoms with E-state index in [1.807, 2.05) is 18.2 Å². The number of ether oxygens (including phenoxy) is 1. The van der Waals surface area contributed by atoms with Crippen LogP contribution in [0.15, 0.2) is 53.5 Å².